The van der Waals surface area contributed by atoms with Gasteiger partial charge in [0.25, 0.3) is 0 Å². The van der Waals surface area contributed by atoms with Crippen LogP contribution in [0.15, 0.2) is 60.0 Å². The number of nitrogens with zero attached hydrogens (tertiary/aromatic N) is 4. The molecule has 1 amide bonds. The summed E-state index contributed by atoms with van der Waals surface area (Å²) in [4.78, 5) is 21.2. The maximum atomic E-state index is 12.5. The van der Waals surface area contributed by atoms with Crippen molar-refractivity contribution in [1.29, 1.82) is 0 Å². The molecule has 136 valence electrons. The Balaban J connectivity index is 1.72. The van der Waals surface area contributed by atoms with Gasteiger partial charge in [-0.05, 0) is 29.8 Å². The van der Waals surface area contributed by atoms with Crippen molar-refractivity contribution < 1.29 is 9.53 Å². The summed E-state index contributed by atoms with van der Waals surface area (Å²) in [5, 5.41) is 6.25. The average molecular weight is 360 g/mol. The first-order chi connectivity index (χ1) is 13.2. The van der Waals surface area contributed by atoms with Crippen LogP contribution >= 0.6 is 0 Å². The second-order valence-electron chi connectivity index (χ2n) is 6.39. The van der Waals surface area contributed by atoms with E-state index in [4.69, 9.17) is 4.74 Å². The predicted molar refractivity (Wildman–Crippen MR) is 104 cm³/mol. The molecule has 1 aliphatic rings. The third kappa shape index (κ3) is 3.26. The van der Waals surface area contributed by atoms with Crippen LogP contribution in [-0.4, -0.2) is 33.7 Å². The van der Waals surface area contributed by atoms with Crippen LogP contribution in [0.5, 0.6) is 5.75 Å². The molecule has 6 heteroatoms. The normalized spacial score (nSPS) is 16.4. The highest BCUT2D eigenvalue weighted by molar-refractivity contribution is 6.03. The minimum Gasteiger partial charge on any atom is -0.497 e. The number of ether oxygens (including phenoxy) is 1. The van der Waals surface area contributed by atoms with Gasteiger partial charge in [0, 0.05) is 30.8 Å². The second-order valence-corrected chi connectivity index (χ2v) is 6.39. The van der Waals surface area contributed by atoms with Crippen molar-refractivity contribution in [3.8, 4) is 5.75 Å². The van der Waals surface area contributed by atoms with E-state index in [1.165, 1.54) is 0 Å². The summed E-state index contributed by atoms with van der Waals surface area (Å²) in [5.41, 5.74) is 4.49. The third-order valence-corrected chi connectivity index (χ3v) is 4.75. The molecule has 0 bridgehead atoms. The topological polar surface area (TPSA) is 67.7 Å². The Hall–Kier alpha value is -3.28. The van der Waals surface area contributed by atoms with E-state index in [1.807, 2.05) is 49.4 Å². The van der Waals surface area contributed by atoms with Crippen molar-refractivity contribution in [2.24, 2.45) is 5.10 Å². The van der Waals surface area contributed by atoms with Crippen LogP contribution in [0.3, 0.4) is 0 Å². The van der Waals surface area contributed by atoms with Crippen molar-refractivity contribution in [3.05, 3.63) is 66.0 Å². The molecule has 0 radical (unpaired) electrons. The largest absolute Gasteiger partial charge is 0.497 e. The molecule has 1 atom stereocenters. The first-order valence-corrected chi connectivity index (χ1v) is 8.94. The molecule has 0 fully saturated rings. The fourth-order valence-electron chi connectivity index (χ4n) is 3.33. The third-order valence-electron chi connectivity index (χ3n) is 4.75. The van der Waals surface area contributed by atoms with Gasteiger partial charge in [-0.15, -0.1) is 0 Å². The Labute approximate surface area is 157 Å². The number of fused-ring (bicyclic) bond motifs is 1. The molecule has 4 rings (SSSR count). The monoisotopic (exact) mass is 360 g/mol. The van der Waals surface area contributed by atoms with Crippen LogP contribution in [0, 0.1) is 0 Å². The molecule has 3 aromatic rings. The van der Waals surface area contributed by atoms with E-state index < -0.39 is 0 Å². The van der Waals surface area contributed by atoms with Crippen molar-refractivity contribution in [1.82, 2.24) is 15.0 Å². The number of aromatic nitrogens is 2. The molecule has 0 saturated heterocycles. The Morgan fingerprint density at radius 3 is 2.74 bits per heavy atom. The van der Waals surface area contributed by atoms with E-state index in [1.54, 1.807) is 24.5 Å². The maximum Gasteiger partial charge on any atom is 0.242 e. The van der Waals surface area contributed by atoms with Gasteiger partial charge in [0.1, 0.15) is 5.75 Å². The number of amides is 1. The highest BCUT2D eigenvalue weighted by Gasteiger charge is 2.32. The lowest BCUT2D eigenvalue weighted by Gasteiger charge is -2.21. The number of hydrogen-bond donors (Lipinski definition) is 0. The molecule has 1 aliphatic heterocycles. The zero-order valence-corrected chi connectivity index (χ0v) is 15.3. The van der Waals surface area contributed by atoms with E-state index in [-0.39, 0.29) is 11.9 Å². The standard InChI is InChI=1S/C21H20N4O2/c1-3-21(26)25-20(15-7-8-17-19(12-15)23-10-9-22-17)13-18(24-25)14-5-4-6-16(11-14)27-2/h4-12,20H,3,13H2,1-2H3/t20-/m0/s1. The molecule has 2 heterocycles. The zero-order valence-electron chi connectivity index (χ0n) is 15.3. The number of hydrogen-bond acceptors (Lipinski definition) is 5. The van der Waals surface area contributed by atoms with Gasteiger partial charge >= 0.3 is 0 Å². The Kier molecular flexibility index (Phi) is 4.54. The molecule has 0 saturated carbocycles. The maximum absolute atomic E-state index is 12.5. The minimum absolute atomic E-state index is 0.00265. The van der Waals surface area contributed by atoms with Crippen LogP contribution in [0.2, 0.25) is 0 Å². The van der Waals surface area contributed by atoms with Crippen LogP contribution < -0.4 is 4.74 Å². The molecule has 0 spiro atoms. The van der Waals surface area contributed by atoms with Gasteiger partial charge in [0.2, 0.25) is 5.91 Å². The van der Waals surface area contributed by atoms with Gasteiger partial charge in [-0.3, -0.25) is 14.8 Å². The lowest BCUT2D eigenvalue weighted by Crippen LogP contribution is -2.26. The quantitative estimate of drug-likeness (QED) is 0.711. The number of hydrazone groups is 1. The molecular formula is C21H20N4O2. The molecule has 1 aromatic heterocycles. The van der Waals surface area contributed by atoms with E-state index in [9.17, 15) is 4.79 Å². The fourth-order valence-corrected chi connectivity index (χ4v) is 3.33. The van der Waals surface area contributed by atoms with Gasteiger partial charge in [-0.2, -0.15) is 5.10 Å². The van der Waals surface area contributed by atoms with Crippen molar-refractivity contribution >= 4 is 22.7 Å². The molecule has 0 N–H and O–H groups in total. The van der Waals surface area contributed by atoms with Crippen LogP contribution in [0.25, 0.3) is 11.0 Å². The number of methoxy groups -OCH3 is 1. The van der Waals surface area contributed by atoms with Gasteiger partial charge in [0.15, 0.2) is 0 Å². The predicted octanol–water partition coefficient (Wildman–Crippen LogP) is 3.73. The smallest absolute Gasteiger partial charge is 0.242 e. The first-order valence-electron chi connectivity index (χ1n) is 8.94. The van der Waals surface area contributed by atoms with Crippen LogP contribution in [0.4, 0.5) is 0 Å². The lowest BCUT2D eigenvalue weighted by atomic mass is 9.97. The molecular weight excluding hydrogens is 340 g/mol. The van der Waals surface area contributed by atoms with Gasteiger partial charge in [-0.1, -0.05) is 25.1 Å². The molecule has 0 unspecified atom stereocenters. The number of carbonyl (C=O) groups is 1. The van der Waals surface area contributed by atoms with Gasteiger partial charge in [0.05, 0.1) is 29.9 Å². The summed E-state index contributed by atoms with van der Waals surface area (Å²) >= 11 is 0. The molecule has 0 aliphatic carbocycles. The highest BCUT2D eigenvalue weighted by atomic mass is 16.5. The average Bonchev–Trinajstić information content (AvgIpc) is 3.18. The lowest BCUT2D eigenvalue weighted by molar-refractivity contribution is -0.132. The summed E-state index contributed by atoms with van der Waals surface area (Å²) in [6, 6.07) is 13.6. The zero-order chi connectivity index (χ0) is 18.8. The Bertz CT molecular complexity index is 1030. The van der Waals surface area contributed by atoms with E-state index in [0.29, 0.717) is 12.8 Å². The minimum atomic E-state index is -0.148. The summed E-state index contributed by atoms with van der Waals surface area (Å²) in [5.74, 6) is 0.769. The van der Waals surface area contributed by atoms with Gasteiger partial charge < -0.3 is 4.74 Å². The fraction of sp³-hybridized carbons (Fsp3) is 0.238. The second kappa shape index (κ2) is 7.15. The Morgan fingerprint density at radius 2 is 1.96 bits per heavy atom. The molecule has 27 heavy (non-hydrogen) atoms. The number of rotatable bonds is 4. The van der Waals surface area contributed by atoms with Crippen molar-refractivity contribution in [3.63, 3.8) is 0 Å². The number of benzene rings is 2. The summed E-state index contributed by atoms with van der Waals surface area (Å²) in [6.45, 7) is 1.85. The van der Waals surface area contributed by atoms with Crippen molar-refractivity contribution in [2.45, 2.75) is 25.8 Å². The summed E-state index contributed by atoms with van der Waals surface area (Å²) < 4.78 is 5.32. The van der Waals surface area contributed by atoms with Crippen molar-refractivity contribution in [2.75, 3.05) is 7.11 Å². The van der Waals surface area contributed by atoms with E-state index in [2.05, 4.69) is 15.1 Å². The summed E-state index contributed by atoms with van der Waals surface area (Å²) in [6.07, 6.45) is 4.39. The Morgan fingerprint density at radius 1 is 1.15 bits per heavy atom. The summed E-state index contributed by atoms with van der Waals surface area (Å²) in [7, 11) is 1.64. The van der Waals surface area contributed by atoms with E-state index >= 15 is 0 Å². The van der Waals surface area contributed by atoms with Gasteiger partial charge in [-0.25, -0.2) is 5.01 Å². The SMILES string of the molecule is CCC(=O)N1N=C(c2cccc(OC)c2)C[C@H]1c1ccc2nccnc2c1. The van der Waals surface area contributed by atoms with E-state index in [0.717, 1.165) is 33.6 Å². The molecule has 2 aromatic carbocycles. The number of carbonyl (C=O) groups excluding carboxylic acids is 1. The van der Waals surface area contributed by atoms with Crippen LogP contribution in [-0.2, 0) is 4.79 Å². The highest BCUT2D eigenvalue weighted by Crippen LogP contribution is 2.34. The first kappa shape index (κ1) is 17.1. The molecule has 6 nitrogen and oxygen atoms in total. The van der Waals surface area contributed by atoms with Crippen LogP contribution in [0.1, 0.15) is 36.9 Å².